The van der Waals surface area contributed by atoms with Gasteiger partial charge >= 0.3 is 0 Å². The van der Waals surface area contributed by atoms with Gasteiger partial charge in [0.15, 0.2) is 0 Å². The molecule has 0 aliphatic heterocycles. The first-order valence-electron chi connectivity index (χ1n) is 25.0. The smallest absolute Gasteiger partial charge is 0.140 e. The molecule has 0 saturated heterocycles. The second kappa shape index (κ2) is 15.4. The Hall–Kier alpha value is -8.74. The van der Waals surface area contributed by atoms with E-state index in [4.69, 9.17) is 9.97 Å². The van der Waals surface area contributed by atoms with Crippen molar-refractivity contribution in [1.82, 2.24) is 28.2 Å². The van der Waals surface area contributed by atoms with Gasteiger partial charge in [-0.05, 0) is 188 Å². The highest BCUT2D eigenvalue weighted by atomic mass is 15.2. The Morgan fingerprint density at radius 1 is 0.208 bits per heavy atom. The van der Waals surface area contributed by atoms with Crippen molar-refractivity contribution in [2.75, 3.05) is 0 Å². The zero-order valence-electron chi connectivity index (χ0n) is 41.8. The molecule has 14 rings (SSSR count). The third kappa shape index (κ3) is 6.34. The van der Waals surface area contributed by atoms with E-state index in [1.807, 2.05) is 0 Å². The van der Waals surface area contributed by atoms with Crippen LogP contribution in [0.1, 0.15) is 44.5 Å². The number of hydrogen-bond donors (Lipinski definition) is 0. The van der Waals surface area contributed by atoms with Gasteiger partial charge in [0.2, 0.25) is 0 Å². The zero-order valence-corrected chi connectivity index (χ0v) is 41.8. The largest absolute Gasteiger partial charge is 0.294 e. The van der Waals surface area contributed by atoms with Gasteiger partial charge < -0.3 is 0 Å². The SMILES string of the molecule is Cc1ccc2c(c1)c1cc(C)ccc1n2-c1cc(-c2cc(-n3c4ccc(C)cc4c4cc(C)ccc43)nc(-n3c4ccc(C)cc4c4cc(C)ccc43)c2)cc(-n2c3ccc(C)cc3c3cc(C)ccc32)n1. The van der Waals surface area contributed by atoms with Crippen LogP contribution in [-0.4, -0.2) is 28.2 Å². The summed E-state index contributed by atoms with van der Waals surface area (Å²) in [7, 11) is 0. The van der Waals surface area contributed by atoms with Crippen LogP contribution in [0.15, 0.2) is 170 Å². The summed E-state index contributed by atoms with van der Waals surface area (Å²) in [5.41, 5.74) is 20.8. The Morgan fingerprint density at radius 3 is 0.514 bits per heavy atom. The lowest BCUT2D eigenvalue weighted by Gasteiger charge is -2.17. The van der Waals surface area contributed by atoms with Crippen molar-refractivity contribution in [3.8, 4) is 34.4 Å². The summed E-state index contributed by atoms with van der Waals surface area (Å²) < 4.78 is 9.49. The molecule has 6 heterocycles. The highest BCUT2D eigenvalue weighted by Crippen LogP contribution is 2.41. The fourth-order valence-corrected chi connectivity index (χ4v) is 11.8. The van der Waals surface area contributed by atoms with Gasteiger partial charge in [-0.2, -0.15) is 0 Å². The molecule has 0 spiro atoms. The predicted octanol–water partition coefficient (Wildman–Crippen LogP) is 17.0. The predicted molar refractivity (Wildman–Crippen MR) is 303 cm³/mol. The molecule has 0 fully saturated rings. The molecule has 0 radical (unpaired) electrons. The highest BCUT2D eigenvalue weighted by molar-refractivity contribution is 6.13. The van der Waals surface area contributed by atoms with Crippen LogP contribution in [0.4, 0.5) is 0 Å². The first-order valence-corrected chi connectivity index (χ1v) is 25.0. The second-order valence-corrected chi connectivity index (χ2v) is 20.7. The lowest BCUT2D eigenvalue weighted by Crippen LogP contribution is -2.06. The van der Waals surface area contributed by atoms with Gasteiger partial charge in [0.05, 0.1) is 44.1 Å². The molecule has 0 amide bonds. The van der Waals surface area contributed by atoms with Gasteiger partial charge in [0.25, 0.3) is 0 Å². The maximum atomic E-state index is 5.78. The fourth-order valence-electron chi connectivity index (χ4n) is 11.8. The highest BCUT2D eigenvalue weighted by Gasteiger charge is 2.23. The average molecular weight is 929 g/mol. The molecule has 72 heavy (non-hydrogen) atoms. The molecule has 0 N–H and O–H groups in total. The van der Waals surface area contributed by atoms with E-state index in [1.54, 1.807) is 0 Å². The maximum absolute atomic E-state index is 5.78. The van der Waals surface area contributed by atoms with Crippen LogP contribution in [0, 0.1) is 55.4 Å². The van der Waals surface area contributed by atoms with E-state index in [1.165, 1.54) is 87.6 Å². The van der Waals surface area contributed by atoms with Gasteiger partial charge in [0, 0.05) is 43.1 Å². The normalized spacial score (nSPS) is 12.2. The van der Waals surface area contributed by atoms with Crippen LogP contribution in [0.5, 0.6) is 0 Å². The summed E-state index contributed by atoms with van der Waals surface area (Å²) in [6, 6.07) is 63.6. The molecule has 0 bridgehead atoms. The Kier molecular flexibility index (Phi) is 9.01. The summed E-state index contributed by atoms with van der Waals surface area (Å²) in [5, 5.41) is 9.72. The van der Waals surface area contributed by atoms with Gasteiger partial charge in [-0.3, -0.25) is 18.3 Å². The van der Waals surface area contributed by atoms with E-state index >= 15 is 0 Å². The van der Waals surface area contributed by atoms with Gasteiger partial charge in [-0.15, -0.1) is 0 Å². The monoisotopic (exact) mass is 928 g/mol. The first-order chi connectivity index (χ1) is 34.9. The second-order valence-electron chi connectivity index (χ2n) is 20.7. The molecule has 6 nitrogen and oxygen atoms in total. The van der Waals surface area contributed by atoms with Crippen molar-refractivity contribution in [2.24, 2.45) is 0 Å². The molecule has 346 valence electrons. The number of fused-ring (bicyclic) bond motifs is 12. The fraction of sp³-hybridized carbons (Fsp3) is 0.121. The molecule has 6 aromatic heterocycles. The first kappa shape index (κ1) is 42.2. The van der Waals surface area contributed by atoms with E-state index in [2.05, 4.69) is 244 Å². The number of aromatic nitrogens is 6. The molecule has 0 aliphatic rings. The number of benzene rings is 8. The lowest BCUT2D eigenvalue weighted by atomic mass is 10.1. The van der Waals surface area contributed by atoms with Crippen molar-refractivity contribution < 1.29 is 0 Å². The Labute approximate surface area is 417 Å². The molecule has 0 saturated carbocycles. The maximum Gasteiger partial charge on any atom is 0.140 e. The van der Waals surface area contributed by atoms with Gasteiger partial charge in [-0.25, -0.2) is 9.97 Å². The van der Waals surface area contributed by atoms with Crippen molar-refractivity contribution in [3.63, 3.8) is 0 Å². The molecule has 0 unspecified atom stereocenters. The Balaban J connectivity index is 1.14. The lowest BCUT2D eigenvalue weighted by molar-refractivity contribution is 1.01. The van der Waals surface area contributed by atoms with Gasteiger partial charge in [0.1, 0.15) is 23.3 Å². The van der Waals surface area contributed by atoms with Crippen LogP contribution in [0.3, 0.4) is 0 Å². The summed E-state index contributed by atoms with van der Waals surface area (Å²) >= 11 is 0. The average Bonchev–Trinajstić information content (AvgIpc) is 4.07. The molecule has 0 aliphatic carbocycles. The quantitative estimate of drug-likeness (QED) is 0.173. The molecule has 14 aromatic rings. The number of rotatable bonds is 5. The van der Waals surface area contributed by atoms with E-state index in [9.17, 15) is 0 Å². The summed E-state index contributed by atoms with van der Waals surface area (Å²) in [6.45, 7) is 17.4. The van der Waals surface area contributed by atoms with Crippen LogP contribution >= 0.6 is 0 Å². The van der Waals surface area contributed by atoms with Crippen LogP contribution < -0.4 is 0 Å². The topological polar surface area (TPSA) is 45.5 Å². The minimum absolute atomic E-state index is 0.843. The standard InChI is InChI=1S/C66H52N6/c1-37-9-17-55-47(25-37)48-26-38(2)10-18-56(48)69(55)63-33-45(34-64(67-63)70-57-19-11-39(3)27-49(57)50-28-40(4)12-20-58(50)70)46-35-65(71-59-21-13-41(5)29-51(59)52-30-42(6)14-22-60(52)71)68-66(36-46)72-61-23-15-43(7)31-53(61)54-32-44(8)16-24-62(54)72/h9-36H,1-8H3. The Bertz CT molecular complexity index is 3840. The summed E-state index contributed by atoms with van der Waals surface area (Å²) in [6.07, 6.45) is 0. The number of aryl methyl sites for hydroxylation is 8. The zero-order chi connectivity index (χ0) is 48.8. The van der Waals surface area contributed by atoms with Crippen molar-refractivity contribution >= 4 is 87.2 Å². The Morgan fingerprint density at radius 2 is 0.361 bits per heavy atom. The van der Waals surface area contributed by atoms with E-state index in [0.717, 1.165) is 78.5 Å². The molecular weight excluding hydrogens is 877 g/mol. The van der Waals surface area contributed by atoms with Crippen molar-refractivity contribution in [3.05, 3.63) is 214 Å². The molecule has 6 heteroatoms. The van der Waals surface area contributed by atoms with E-state index in [0.29, 0.717) is 0 Å². The van der Waals surface area contributed by atoms with E-state index < -0.39 is 0 Å². The third-order valence-corrected chi connectivity index (χ3v) is 15.2. The van der Waals surface area contributed by atoms with Crippen molar-refractivity contribution in [2.45, 2.75) is 55.4 Å². The van der Waals surface area contributed by atoms with E-state index in [-0.39, 0.29) is 0 Å². The van der Waals surface area contributed by atoms with Crippen LogP contribution in [0.2, 0.25) is 0 Å². The van der Waals surface area contributed by atoms with Crippen LogP contribution in [-0.2, 0) is 0 Å². The number of hydrogen-bond acceptors (Lipinski definition) is 2. The number of pyridine rings is 2. The third-order valence-electron chi connectivity index (χ3n) is 15.2. The summed E-state index contributed by atoms with van der Waals surface area (Å²) in [5.74, 6) is 3.37. The van der Waals surface area contributed by atoms with Gasteiger partial charge in [-0.1, -0.05) is 93.0 Å². The molecule has 8 aromatic carbocycles. The van der Waals surface area contributed by atoms with Crippen molar-refractivity contribution in [1.29, 1.82) is 0 Å². The molecular formula is C66H52N6. The van der Waals surface area contributed by atoms with Crippen LogP contribution in [0.25, 0.3) is 122 Å². The minimum atomic E-state index is 0.843. The number of nitrogens with zero attached hydrogens (tertiary/aromatic N) is 6. The molecule has 0 atom stereocenters. The summed E-state index contributed by atoms with van der Waals surface area (Å²) in [4.78, 5) is 11.6. The minimum Gasteiger partial charge on any atom is -0.294 e.